The summed E-state index contributed by atoms with van der Waals surface area (Å²) in [5.41, 5.74) is 0.502. The predicted octanol–water partition coefficient (Wildman–Crippen LogP) is 2.00. The molecule has 1 unspecified atom stereocenters. The third-order valence-corrected chi connectivity index (χ3v) is 5.84. The smallest absolute Gasteiger partial charge is 0.306 e. The molecule has 2 aliphatic heterocycles. The Morgan fingerprint density at radius 1 is 1.09 bits per heavy atom. The zero-order valence-corrected chi connectivity index (χ0v) is 18.7. The summed E-state index contributed by atoms with van der Waals surface area (Å²) in [6.07, 6.45) is -0.0767. The van der Waals surface area contributed by atoms with Gasteiger partial charge in [-0.25, -0.2) is 0 Å². The van der Waals surface area contributed by atoms with Crippen LogP contribution in [0.2, 0.25) is 0 Å². The lowest BCUT2D eigenvalue weighted by molar-refractivity contribution is -0.387. The van der Waals surface area contributed by atoms with Crippen molar-refractivity contribution in [3.8, 4) is 0 Å². The van der Waals surface area contributed by atoms with Crippen molar-refractivity contribution < 1.29 is 28.4 Å². The number of benzene rings is 2. The van der Waals surface area contributed by atoms with Crippen molar-refractivity contribution in [3.63, 3.8) is 0 Å². The van der Waals surface area contributed by atoms with Gasteiger partial charge in [-0.05, 0) is 36.4 Å². The van der Waals surface area contributed by atoms with E-state index in [4.69, 9.17) is 4.74 Å². The van der Waals surface area contributed by atoms with Crippen LogP contribution in [0.15, 0.2) is 42.5 Å². The summed E-state index contributed by atoms with van der Waals surface area (Å²) >= 11 is 0. The maximum atomic E-state index is 13.6. The van der Waals surface area contributed by atoms with Crippen molar-refractivity contribution in [1.82, 2.24) is 4.90 Å². The molecule has 1 atom stereocenters. The summed E-state index contributed by atoms with van der Waals surface area (Å²) in [6.45, 7) is 2.91. The van der Waals surface area contributed by atoms with Gasteiger partial charge in [-0.15, -0.1) is 0 Å². The molecule has 4 rings (SSSR count). The van der Waals surface area contributed by atoms with Crippen LogP contribution in [-0.4, -0.2) is 66.9 Å². The first kappa shape index (κ1) is 24.2. The van der Waals surface area contributed by atoms with Crippen LogP contribution in [0.1, 0.15) is 6.42 Å². The summed E-state index contributed by atoms with van der Waals surface area (Å²) in [6, 6.07) is 9.79. The summed E-state index contributed by atoms with van der Waals surface area (Å²) in [5.74, 6) is -2.60. The fraction of sp³-hybridized carbons (Fsp3) is 0.348. The molecule has 35 heavy (non-hydrogen) atoms. The summed E-state index contributed by atoms with van der Waals surface area (Å²) in [4.78, 5) is 50.7. The number of nitrogens with one attached hydrogen (secondary N) is 2. The van der Waals surface area contributed by atoms with E-state index in [0.29, 0.717) is 37.7 Å². The second-order valence-corrected chi connectivity index (χ2v) is 8.30. The van der Waals surface area contributed by atoms with Crippen LogP contribution >= 0.6 is 0 Å². The first-order valence-corrected chi connectivity index (χ1v) is 11.1. The topological polar surface area (TPSA) is 134 Å². The van der Waals surface area contributed by atoms with Gasteiger partial charge in [0.25, 0.3) is 0 Å². The summed E-state index contributed by atoms with van der Waals surface area (Å²) in [7, 11) is 0. The Hall–Kier alpha value is -3.90. The van der Waals surface area contributed by atoms with Crippen molar-refractivity contribution in [3.05, 3.63) is 58.4 Å². The fourth-order valence-electron chi connectivity index (χ4n) is 3.99. The molecule has 11 nitrogen and oxygen atoms in total. The van der Waals surface area contributed by atoms with E-state index in [-0.39, 0.29) is 42.9 Å². The molecule has 2 aliphatic rings. The van der Waals surface area contributed by atoms with Gasteiger partial charge in [0.1, 0.15) is 0 Å². The highest BCUT2D eigenvalue weighted by atomic mass is 19.1. The molecular weight excluding hydrogens is 461 g/mol. The van der Waals surface area contributed by atoms with Gasteiger partial charge in [-0.1, -0.05) is 0 Å². The van der Waals surface area contributed by atoms with E-state index in [0.717, 1.165) is 12.1 Å². The Morgan fingerprint density at radius 2 is 1.74 bits per heavy atom. The van der Waals surface area contributed by atoms with Crippen LogP contribution in [-0.2, 0) is 19.1 Å². The predicted molar refractivity (Wildman–Crippen MR) is 124 cm³/mol. The largest absolute Gasteiger partial charge is 0.379 e. The van der Waals surface area contributed by atoms with Crippen molar-refractivity contribution in [2.24, 2.45) is 5.92 Å². The number of hydrogen-bond donors (Lipinski definition) is 2. The van der Waals surface area contributed by atoms with Gasteiger partial charge in [0.2, 0.25) is 23.5 Å². The number of halogens is 1. The summed E-state index contributed by atoms with van der Waals surface area (Å²) < 4.78 is 18.9. The molecule has 2 aromatic rings. The molecule has 0 aliphatic carbocycles. The second kappa shape index (κ2) is 10.6. The number of nitrogens with zero attached hydrogens (tertiary/aromatic N) is 3. The maximum Gasteiger partial charge on any atom is 0.306 e. The Bertz CT molecular complexity index is 1140. The van der Waals surface area contributed by atoms with E-state index in [1.54, 1.807) is 24.3 Å². The molecule has 2 heterocycles. The molecule has 184 valence electrons. The Labute approximate surface area is 200 Å². The first-order chi connectivity index (χ1) is 16.8. The highest BCUT2D eigenvalue weighted by Gasteiger charge is 2.36. The van der Waals surface area contributed by atoms with Crippen molar-refractivity contribution in [2.45, 2.75) is 6.42 Å². The lowest BCUT2D eigenvalue weighted by Gasteiger charge is -2.25. The van der Waals surface area contributed by atoms with E-state index >= 15 is 0 Å². The molecule has 0 saturated carbocycles. The van der Waals surface area contributed by atoms with Gasteiger partial charge in [0.15, 0.2) is 0 Å². The van der Waals surface area contributed by atoms with Gasteiger partial charge in [0, 0.05) is 43.5 Å². The minimum atomic E-state index is -1.000. The Balaban J connectivity index is 1.32. The van der Waals surface area contributed by atoms with E-state index in [2.05, 4.69) is 10.6 Å². The number of nitro benzene ring substituents is 1. The molecule has 12 heteroatoms. The molecule has 3 amide bonds. The number of anilines is 3. The van der Waals surface area contributed by atoms with Crippen LogP contribution in [0.5, 0.6) is 0 Å². The molecule has 2 N–H and O–H groups in total. The number of hydrogen-bond acceptors (Lipinski definition) is 7. The number of ether oxygens (including phenoxy) is 1. The molecule has 0 bridgehead atoms. The fourth-order valence-corrected chi connectivity index (χ4v) is 3.99. The van der Waals surface area contributed by atoms with Gasteiger partial charge in [-0.3, -0.25) is 29.4 Å². The lowest BCUT2D eigenvalue weighted by Crippen LogP contribution is -2.41. The summed E-state index contributed by atoms with van der Waals surface area (Å²) in [5, 5.41) is 16.5. The van der Waals surface area contributed by atoms with E-state index < -0.39 is 22.3 Å². The number of morpholine rings is 1. The van der Waals surface area contributed by atoms with Crippen molar-refractivity contribution in [1.29, 1.82) is 0 Å². The average molecular weight is 485 g/mol. The standard InChI is InChI=1S/C23H24FN5O6/c24-19-6-5-18(12-20(19)29(33)34)28-13-15(11-22(28)31)23(32)26-17-3-1-16(2-4-17)25-21(30)14-27-7-9-35-10-8-27/h1-6,12,15H,7-11,13-14H2,(H,25,30)(H,26,32). The molecule has 2 fully saturated rings. The van der Waals surface area contributed by atoms with Gasteiger partial charge in [0.05, 0.1) is 36.3 Å². The van der Waals surface area contributed by atoms with Crippen molar-refractivity contribution >= 4 is 40.5 Å². The number of carbonyl (C=O) groups excluding carboxylic acids is 3. The zero-order chi connectivity index (χ0) is 24.9. The number of nitro groups is 1. The van der Waals surface area contributed by atoms with Gasteiger partial charge >= 0.3 is 5.69 Å². The Kier molecular flexibility index (Phi) is 7.32. The second-order valence-electron chi connectivity index (χ2n) is 8.30. The SMILES string of the molecule is O=C(CN1CCOCC1)Nc1ccc(NC(=O)C2CC(=O)N(c3ccc(F)c([N+](=O)[O-])c3)C2)cc1. The third kappa shape index (κ3) is 5.97. The quantitative estimate of drug-likeness (QED) is 0.452. The molecule has 2 saturated heterocycles. The van der Waals surface area contributed by atoms with Gasteiger partial charge in [-0.2, -0.15) is 4.39 Å². The molecule has 0 spiro atoms. The number of amides is 3. The van der Waals surface area contributed by atoms with Crippen LogP contribution in [0, 0.1) is 21.8 Å². The molecule has 0 aromatic heterocycles. The van der Waals surface area contributed by atoms with Crippen LogP contribution in [0.25, 0.3) is 0 Å². The van der Waals surface area contributed by atoms with Gasteiger partial charge < -0.3 is 20.3 Å². The highest BCUT2D eigenvalue weighted by molar-refractivity contribution is 6.03. The molecule has 0 radical (unpaired) electrons. The first-order valence-electron chi connectivity index (χ1n) is 11.1. The van der Waals surface area contributed by atoms with Crippen LogP contribution in [0.3, 0.4) is 0 Å². The minimum Gasteiger partial charge on any atom is -0.379 e. The number of carbonyl (C=O) groups is 3. The Morgan fingerprint density at radius 3 is 2.40 bits per heavy atom. The average Bonchev–Trinajstić information content (AvgIpc) is 3.23. The van der Waals surface area contributed by atoms with E-state index in [1.165, 1.54) is 11.0 Å². The van der Waals surface area contributed by atoms with Crippen LogP contribution < -0.4 is 15.5 Å². The number of rotatable bonds is 7. The molecular formula is C23H24FN5O6. The monoisotopic (exact) mass is 485 g/mol. The lowest BCUT2D eigenvalue weighted by atomic mass is 10.1. The molecule has 2 aromatic carbocycles. The van der Waals surface area contributed by atoms with E-state index in [1.807, 2.05) is 4.90 Å². The van der Waals surface area contributed by atoms with Crippen LogP contribution in [0.4, 0.5) is 27.1 Å². The van der Waals surface area contributed by atoms with Crippen molar-refractivity contribution in [2.75, 3.05) is 54.9 Å². The maximum absolute atomic E-state index is 13.6. The normalized spacial score (nSPS) is 18.4. The third-order valence-electron chi connectivity index (χ3n) is 5.84. The van der Waals surface area contributed by atoms with E-state index in [9.17, 15) is 28.9 Å². The minimum absolute atomic E-state index is 0.0170. The zero-order valence-electron chi connectivity index (χ0n) is 18.7. The highest BCUT2D eigenvalue weighted by Crippen LogP contribution is 2.30.